The average Bonchev–Trinajstić information content (AvgIpc) is 2.31. The lowest BCUT2D eigenvalue weighted by Crippen LogP contribution is -2.45. The maximum atomic E-state index is 9.39. The highest BCUT2D eigenvalue weighted by molar-refractivity contribution is 5.50. The standard InChI is InChI=1S/C12H22N4O/c1-6-13-11-14-7-9(2)10(15-11)16(5)12(3,4)8-17/h7,17H,6,8H2,1-5H3,(H,13,14,15). The number of likely N-dealkylation sites (N-methyl/N-ethyl adjacent to an activating group) is 1. The van der Waals surface area contributed by atoms with Crippen LogP contribution >= 0.6 is 0 Å². The number of aliphatic hydroxyl groups is 1. The third-order valence-corrected chi connectivity index (χ3v) is 2.89. The average molecular weight is 238 g/mol. The minimum absolute atomic E-state index is 0.0729. The van der Waals surface area contributed by atoms with Gasteiger partial charge in [-0.2, -0.15) is 4.98 Å². The van der Waals surface area contributed by atoms with Crippen molar-refractivity contribution in [2.75, 3.05) is 30.4 Å². The van der Waals surface area contributed by atoms with E-state index in [4.69, 9.17) is 0 Å². The molecule has 0 radical (unpaired) electrons. The van der Waals surface area contributed by atoms with E-state index in [1.807, 2.05) is 39.6 Å². The van der Waals surface area contributed by atoms with Gasteiger partial charge in [0.1, 0.15) is 5.82 Å². The lowest BCUT2D eigenvalue weighted by Gasteiger charge is -2.35. The quantitative estimate of drug-likeness (QED) is 0.812. The summed E-state index contributed by atoms with van der Waals surface area (Å²) in [5.41, 5.74) is 0.651. The van der Waals surface area contributed by atoms with Gasteiger partial charge in [0.05, 0.1) is 12.1 Å². The Morgan fingerprint density at radius 3 is 2.65 bits per heavy atom. The normalized spacial score (nSPS) is 11.4. The molecule has 1 rings (SSSR count). The van der Waals surface area contributed by atoms with Crippen LogP contribution in [0.1, 0.15) is 26.3 Å². The first kappa shape index (κ1) is 13.7. The first-order valence-corrected chi connectivity index (χ1v) is 5.84. The number of aryl methyl sites for hydroxylation is 1. The Hall–Kier alpha value is -1.36. The van der Waals surface area contributed by atoms with Crippen LogP contribution in [0.5, 0.6) is 0 Å². The van der Waals surface area contributed by atoms with E-state index >= 15 is 0 Å². The summed E-state index contributed by atoms with van der Waals surface area (Å²) in [7, 11) is 1.93. The van der Waals surface area contributed by atoms with E-state index in [-0.39, 0.29) is 12.1 Å². The SMILES string of the molecule is CCNc1ncc(C)c(N(C)C(C)(C)CO)n1. The zero-order chi connectivity index (χ0) is 13.1. The molecule has 1 aromatic heterocycles. The van der Waals surface area contributed by atoms with Gasteiger partial charge in [0, 0.05) is 25.4 Å². The van der Waals surface area contributed by atoms with Gasteiger partial charge in [-0.05, 0) is 27.7 Å². The minimum Gasteiger partial charge on any atom is -0.394 e. The van der Waals surface area contributed by atoms with E-state index in [1.54, 1.807) is 6.20 Å². The number of aliphatic hydroxyl groups excluding tert-OH is 1. The fourth-order valence-corrected chi connectivity index (χ4v) is 1.41. The van der Waals surface area contributed by atoms with E-state index in [0.717, 1.165) is 17.9 Å². The molecule has 0 unspecified atom stereocenters. The molecular weight excluding hydrogens is 216 g/mol. The van der Waals surface area contributed by atoms with Crippen molar-refractivity contribution >= 4 is 11.8 Å². The van der Waals surface area contributed by atoms with Gasteiger partial charge in [-0.15, -0.1) is 0 Å². The minimum atomic E-state index is -0.345. The first-order chi connectivity index (χ1) is 7.92. The van der Waals surface area contributed by atoms with E-state index in [1.165, 1.54) is 0 Å². The molecule has 0 saturated carbocycles. The molecule has 0 aliphatic rings. The lowest BCUT2D eigenvalue weighted by molar-refractivity contribution is 0.215. The molecule has 0 amide bonds. The molecule has 1 heterocycles. The predicted molar refractivity (Wildman–Crippen MR) is 70.5 cm³/mol. The molecule has 1 aromatic rings. The maximum Gasteiger partial charge on any atom is 0.224 e. The van der Waals surface area contributed by atoms with Crippen molar-refractivity contribution < 1.29 is 5.11 Å². The van der Waals surface area contributed by atoms with Crippen LogP contribution < -0.4 is 10.2 Å². The predicted octanol–water partition coefficient (Wildman–Crippen LogP) is 1.42. The molecule has 0 saturated heterocycles. The Morgan fingerprint density at radius 1 is 1.47 bits per heavy atom. The summed E-state index contributed by atoms with van der Waals surface area (Å²) >= 11 is 0. The topological polar surface area (TPSA) is 61.3 Å². The number of anilines is 2. The summed E-state index contributed by atoms with van der Waals surface area (Å²) in [4.78, 5) is 10.7. The molecule has 96 valence electrons. The summed E-state index contributed by atoms with van der Waals surface area (Å²) in [6.45, 7) is 8.78. The Bertz CT molecular complexity index is 379. The molecule has 0 spiro atoms. The fourth-order valence-electron chi connectivity index (χ4n) is 1.41. The second-order valence-corrected chi connectivity index (χ2v) is 4.76. The van der Waals surface area contributed by atoms with Gasteiger partial charge in [0.25, 0.3) is 0 Å². The highest BCUT2D eigenvalue weighted by Crippen LogP contribution is 2.23. The fraction of sp³-hybridized carbons (Fsp3) is 0.667. The van der Waals surface area contributed by atoms with Crippen LogP contribution in [-0.4, -0.2) is 40.8 Å². The number of aromatic nitrogens is 2. The second kappa shape index (κ2) is 5.31. The van der Waals surface area contributed by atoms with Crippen molar-refractivity contribution in [3.05, 3.63) is 11.8 Å². The summed E-state index contributed by atoms with van der Waals surface area (Å²) in [5.74, 6) is 1.46. The number of rotatable bonds is 5. The molecular formula is C12H22N4O. The Kier molecular flexibility index (Phi) is 4.28. The summed E-state index contributed by atoms with van der Waals surface area (Å²) < 4.78 is 0. The highest BCUT2D eigenvalue weighted by Gasteiger charge is 2.25. The second-order valence-electron chi connectivity index (χ2n) is 4.76. The molecule has 0 bridgehead atoms. The Labute approximate surface area is 103 Å². The van der Waals surface area contributed by atoms with Crippen LogP contribution in [-0.2, 0) is 0 Å². The molecule has 0 aliphatic heterocycles. The van der Waals surface area contributed by atoms with Crippen molar-refractivity contribution in [2.45, 2.75) is 33.2 Å². The first-order valence-electron chi connectivity index (χ1n) is 5.84. The largest absolute Gasteiger partial charge is 0.394 e. The van der Waals surface area contributed by atoms with Gasteiger partial charge in [0.15, 0.2) is 0 Å². The van der Waals surface area contributed by atoms with E-state index < -0.39 is 0 Å². The number of hydrogen-bond acceptors (Lipinski definition) is 5. The van der Waals surface area contributed by atoms with Gasteiger partial charge in [-0.3, -0.25) is 0 Å². The lowest BCUT2D eigenvalue weighted by atomic mass is 10.0. The van der Waals surface area contributed by atoms with Crippen molar-refractivity contribution in [2.24, 2.45) is 0 Å². The van der Waals surface area contributed by atoms with Crippen LogP contribution in [0.2, 0.25) is 0 Å². The van der Waals surface area contributed by atoms with Gasteiger partial charge < -0.3 is 15.3 Å². The van der Waals surface area contributed by atoms with Crippen molar-refractivity contribution in [3.8, 4) is 0 Å². The third kappa shape index (κ3) is 3.06. The van der Waals surface area contributed by atoms with Crippen molar-refractivity contribution in [3.63, 3.8) is 0 Å². The zero-order valence-electron chi connectivity index (χ0n) is 11.3. The molecule has 5 nitrogen and oxygen atoms in total. The van der Waals surface area contributed by atoms with Gasteiger partial charge in [-0.1, -0.05) is 0 Å². The zero-order valence-corrected chi connectivity index (χ0v) is 11.3. The number of nitrogens with zero attached hydrogens (tertiary/aromatic N) is 3. The molecule has 2 N–H and O–H groups in total. The summed E-state index contributed by atoms with van der Waals surface area (Å²) in [5, 5.41) is 12.5. The molecule has 0 fully saturated rings. The molecule has 0 atom stereocenters. The maximum absolute atomic E-state index is 9.39. The number of nitrogens with one attached hydrogen (secondary N) is 1. The van der Waals surface area contributed by atoms with Crippen LogP contribution in [0, 0.1) is 6.92 Å². The third-order valence-electron chi connectivity index (χ3n) is 2.89. The molecule has 5 heteroatoms. The van der Waals surface area contributed by atoms with E-state index in [0.29, 0.717) is 5.95 Å². The monoisotopic (exact) mass is 238 g/mol. The molecule has 0 aliphatic carbocycles. The molecule has 0 aromatic carbocycles. The van der Waals surface area contributed by atoms with Crippen LogP contribution in [0.4, 0.5) is 11.8 Å². The smallest absolute Gasteiger partial charge is 0.224 e. The van der Waals surface area contributed by atoms with Gasteiger partial charge >= 0.3 is 0 Å². The summed E-state index contributed by atoms with van der Waals surface area (Å²) in [6.07, 6.45) is 1.80. The van der Waals surface area contributed by atoms with Crippen LogP contribution in [0.3, 0.4) is 0 Å². The summed E-state index contributed by atoms with van der Waals surface area (Å²) in [6, 6.07) is 0. The van der Waals surface area contributed by atoms with Crippen LogP contribution in [0.15, 0.2) is 6.20 Å². The van der Waals surface area contributed by atoms with Crippen LogP contribution in [0.25, 0.3) is 0 Å². The Morgan fingerprint density at radius 2 is 2.12 bits per heavy atom. The molecule has 17 heavy (non-hydrogen) atoms. The highest BCUT2D eigenvalue weighted by atomic mass is 16.3. The number of hydrogen-bond donors (Lipinski definition) is 2. The van der Waals surface area contributed by atoms with E-state index in [2.05, 4.69) is 15.3 Å². The Balaban J connectivity index is 3.07. The van der Waals surface area contributed by atoms with Gasteiger partial charge in [-0.25, -0.2) is 4.98 Å². The van der Waals surface area contributed by atoms with Gasteiger partial charge in [0.2, 0.25) is 5.95 Å². The van der Waals surface area contributed by atoms with E-state index in [9.17, 15) is 5.11 Å². The van der Waals surface area contributed by atoms with Crippen molar-refractivity contribution in [1.29, 1.82) is 0 Å². The van der Waals surface area contributed by atoms with Crippen molar-refractivity contribution in [1.82, 2.24) is 9.97 Å².